The number of azide groups is 1. The molecule has 0 spiro atoms. The highest BCUT2D eigenvalue weighted by Crippen LogP contribution is 2.24. The van der Waals surface area contributed by atoms with Crippen LogP contribution < -0.4 is 0 Å². The molecule has 1 aliphatic rings. The number of rotatable bonds is 6. The molecule has 0 radical (unpaired) electrons. The average Bonchev–Trinajstić information content (AvgIpc) is 2.65. The van der Waals surface area contributed by atoms with E-state index in [1.54, 1.807) is 6.92 Å². The quantitative estimate of drug-likeness (QED) is 0.340. The molecule has 0 saturated carbocycles. The third-order valence-electron chi connectivity index (χ3n) is 4.06. The number of benzene rings is 1. The second-order valence-electron chi connectivity index (χ2n) is 5.70. The van der Waals surface area contributed by atoms with Crippen molar-refractivity contribution in [1.29, 1.82) is 0 Å². The third kappa shape index (κ3) is 5.12. The highest BCUT2D eigenvalue weighted by atomic mass is 16.6. The highest BCUT2D eigenvalue weighted by molar-refractivity contribution is 5.78. The Balaban J connectivity index is 2.08. The predicted octanol–water partition coefficient (Wildman–Crippen LogP) is 3.42. The van der Waals surface area contributed by atoms with Gasteiger partial charge in [0.15, 0.2) is 6.04 Å². The smallest absolute Gasteiger partial charge is 0.410 e. The molecule has 134 valence electrons. The maximum Gasteiger partial charge on any atom is 0.410 e. The Bertz CT molecular complexity index is 631. The molecule has 1 heterocycles. The molecule has 0 bridgehead atoms. The Kier molecular flexibility index (Phi) is 7.10. The topological polar surface area (TPSA) is 105 Å². The van der Waals surface area contributed by atoms with Crippen molar-refractivity contribution in [2.45, 2.75) is 44.9 Å². The van der Waals surface area contributed by atoms with Gasteiger partial charge in [-0.3, -0.25) is 4.79 Å². The van der Waals surface area contributed by atoms with Gasteiger partial charge in [0.2, 0.25) is 0 Å². The Morgan fingerprint density at radius 2 is 2.08 bits per heavy atom. The molecule has 0 aromatic heterocycles. The van der Waals surface area contributed by atoms with Crippen LogP contribution in [0.25, 0.3) is 10.4 Å². The average molecular weight is 346 g/mol. The summed E-state index contributed by atoms with van der Waals surface area (Å²) in [6, 6.07) is 7.73. The molecule has 1 aliphatic heterocycles. The van der Waals surface area contributed by atoms with Gasteiger partial charge in [-0.2, -0.15) is 0 Å². The van der Waals surface area contributed by atoms with E-state index in [9.17, 15) is 9.59 Å². The van der Waals surface area contributed by atoms with Crippen molar-refractivity contribution in [3.63, 3.8) is 0 Å². The molecule has 2 rings (SSSR count). The lowest BCUT2D eigenvalue weighted by molar-refractivity contribution is -0.146. The number of piperidine rings is 1. The second-order valence-corrected chi connectivity index (χ2v) is 5.70. The second kappa shape index (κ2) is 9.54. The molecule has 2 atom stereocenters. The molecular formula is C17H22N4O4. The van der Waals surface area contributed by atoms with Crippen LogP contribution in [0.15, 0.2) is 35.4 Å². The lowest BCUT2D eigenvalue weighted by Gasteiger charge is -2.37. The Hall–Kier alpha value is -2.73. The molecule has 0 aliphatic carbocycles. The summed E-state index contributed by atoms with van der Waals surface area (Å²) in [6.07, 6.45) is 1.69. The van der Waals surface area contributed by atoms with Crippen molar-refractivity contribution in [2.24, 2.45) is 5.11 Å². The zero-order chi connectivity index (χ0) is 18.1. The highest BCUT2D eigenvalue weighted by Gasteiger charge is 2.38. The summed E-state index contributed by atoms with van der Waals surface area (Å²) in [5.41, 5.74) is 9.65. The van der Waals surface area contributed by atoms with Gasteiger partial charge in [0.25, 0.3) is 0 Å². The molecular weight excluding hydrogens is 324 g/mol. The number of carbonyl (C=O) groups excluding carboxylic acids is 2. The van der Waals surface area contributed by atoms with E-state index in [4.69, 9.17) is 15.0 Å². The van der Waals surface area contributed by atoms with Crippen LogP contribution in [0.5, 0.6) is 0 Å². The standard InChI is InChI=1S/C17H22N4O4/c1-2-24-16(22)15(19-20-18)14-10-6-7-11-21(14)17(23)25-12-13-8-4-3-5-9-13/h3-5,8-9,14-15H,2,6-7,10-12H2,1H3/t14-,15+/m1/s1. The maximum absolute atomic E-state index is 12.5. The van der Waals surface area contributed by atoms with Gasteiger partial charge in [0.1, 0.15) is 6.61 Å². The van der Waals surface area contributed by atoms with E-state index < -0.39 is 24.1 Å². The minimum absolute atomic E-state index is 0.147. The van der Waals surface area contributed by atoms with Gasteiger partial charge >= 0.3 is 12.1 Å². The van der Waals surface area contributed by atoms with Gasteiger partial charge in [-0.05, 0) is 37.3 Å². The summed E-state index contributed by atoms with van der Waals surface area (Å²) in [4.78, 5) is 28.8. The van der Waals surface area contributed by atoms with Crippen molar-refractivity contribution >= 4 is 12.1 Å². The summed E-state index contributed by atoms with van der Waals surface area (Å²) in [6.45, 7) is 2.46. The first-order valence-corrected chi connectivity index (χ1v) is 8.35. The number of carbonyl (C=O) groups is 2. The molecule has 1 aromatic carbocycles. The first-order chi connectivity index (χ1) is 12.2. The Labute approximate surface area is 146 Å². The molecule has 1 saturated heterocycles. The summed E-state index contributed by atoms with van der Waals surface area (Å²) < 4.78 is 10.4. The van der Waals surface area contributed by atoms with Gasteiger partial charge < -0.3 is 14.4 Å². The van der Waals surface area contributed by atoms with Crippen molar-refractivity contribution < 1.29 is 19.1 Å². The van der Waals surface area contributed by atoms with Crippen LogP contribution in [0, 0.1) is 0 Å². The number of likely N-dealkylation sites (tertiary alicyclic amines) is 1. The molecule has 1 fully saturated rings. The third-order valence-corrected chi connectivity index (χ3v) is 4.06. The fourth-order valence-electron chi connectivity index (χ4n) is 2.88. The van der Waals surface area contributed by atoms with Crippen molar-refractivity contribution in [1.82, 2.24) is 4.90 Å². The molecule has 0 N–H and O–H groups in total. The number of ether oxygens (including phenoxy) is 2. The lowest BCUT2D eigenvalue weighted by atomic mass is 9.96. The minimum Gasteiger partial charge on any atom is -0.466 e. The van der Waals surface area contributed by atoms with Crippen LogP contribution in [-0.2, 0) is 20.9 Å². The van der Waals surface area contributed by atoms with Gasteiger partial charge in [0.05, 0.1) is 12.6 Å². The van der Waals surface area contributed by atoms with Gasteiger partial charge in [-0.15, -0.1) is 0 Å². The number of esters is 1. The van der Waals surface area contributed by atoms with Crippen molar-refractivity contribution in [3.8, 4) is 0 Å². The fraction of sp³-hybridized carbons (Fsp3) is 0.529. The van der Waals surface area contributed by atoms with E-state index in [1.165, 1.54) is 4.90 Å². The molecule has 1 amide bonds. The first-order valence-electron chi connectivity index (χ1n) is 8.35. The number of amides is 1. The van der Waals surface area contributed by atoms with E-state index in [0.29, 0.717) is 13.0 Å². The van der Waals surface area contributed by atoms with E-state index in [1.807, 2.05) is 30.3 Å². The zero-order valence-electron chi connectivity index (χ0n) is 14.2. The predicted molar refractivity (Wildman–Crippen MR) is 90.5 cm³/mol. The molecule has 0 unspecified atom stereocenters. The fourth-order valence-corrected chi connectivity index (χ4v) is 2.88. The van der Waals surface area contributed by atoms with E-state index >= 15 is 0 Å². The maximum atomic E-state index is 12.5. The van der Waals surface area contributed by atoms with Gasteiger partial charge in [-0.25, -0.2) is 4.79 Å². The van der Waals surface area contributed by atoms with Crippen molar-refractivity contribution in [3.05, 3.63) is 46.3 Å². The van der Waals surface area contributed by atoms with Crippen LogP contribution in [0.4, 0.5) is 4.79 Å². The number of hydrogen-bond donors (Lipinski definition) is 0. The Morgan fingerprint density at radius 1 is 1.32 bits per heavy atom. The Morgan fingerprint density at radius 3 is 2.76 bits per heavy atom. The molecule has 1 aromatic rings. The van der Waals surface area contributed by atoms with E-state index in [0.717, 1.165) is 18.4 Å². The van der Waals surface area contributed by atoms with Gasteiger partial charge in [0, 0.05) is 11.5 Å². The van der Waals surface area contributed by atoms with Crippen LogP contribution in [0.1, 0.15) is 31.7 Å². The SMILES string of the molecule is CCOC(=O)[C@@H](N=[N+]=[N-])[C@H]1CCCCN1C(=O)OCc1ccccc1. The van der Waals surface area contributed by atoms with Crippen LogP contribution in [-0.4, -0.2) is 42.2 Å². The monoisotopic (exact) mass is 346 g/mol. The number of hydrogen-bond acceptors (Lipinski definition) is 5. The van der Waals surface area contributed by atoms with E-state index in [2.05, 4.69) is 10.0 Å². The van der Waals surface area contributed by atoms with Crippen LogP contribution in [0.2, 0.25) is 0 Å². The zero-order valence-corrected chi connectivity index (χ0v) is 14.2. The lowest BCUT2D eigenvalue weighted by Crippen LogP contribution is -2.52. The first kappa shape index (κ1) is 18.6. The van der Waals surface area contributed by atoms with Gasteiger partial charge in [-0.1, -0.05) is 35.4 Å². The van der Waals surface area contributed by atoms with Crippen molar-refractivity contribution in [2.75, 3.05) is 13.2 Å². The summed E-state index contributed by atoms with van der Waals surface area (Å²) >= 11 is 0. The summed E-state index contributed by atoms with van der Waals surface area (Å²) in [7, 11) is 0. The van der Waals surface area contributed by atoms with Crippen LogP contribution in [0.3, 0.4) is 0 Å². The number of nitrogens with zero attached hydrogens (tertiary/aromatic N) is 4. The molecule has 25 heavy (non-hydrogen) atoms. The van der Waals surface area contributed by atoms with Crippen LogP contribution >= 0.6 is 0 Å². The minimum atomic E-state index is -1.06. The van der Waals surface area contributed by atoms with E-state index in [-0.39, 0.29) is 13.2 Å². The molecule has 8 nitrogen and oxygen atoms in total. The largest absolute Gasteiger partial charge is 0.466 e. The summed E-state index contributed by atoms with van der Waals surface area (Å²) in [5, 5.41) is 3.57. The normalized spacial score (nSPS) is 18.0. The molecule has 8 heteroatoms. The summed E-state index contributed by atoms with van der Waals surface area (Å²) in [5.74, 6) is -0.618.